The third-order valence-electron chi connectivity index (χ3n) is 9.03. The lowest BCUT2D eigenvalue weighted by molar-refractivity contribution is -0.153. The molecule has 1 aromatic rings. The first-order valence-electron chi connectivity index (χ1n) is 13.7. The van der Waals surface area contributed by atoms with Crippen molar-refractivity contribution in [1.82, 2.24) is 9.80 Å². The van der Waals surface area contributed by atoms with E-state index in [9.17, 15) is 34.8 Å². The molecule has 216 valence electrons. The number of hydrogen-bond acceptors (Lipinski definition) is 10. The Morgan fingerprint density at radius 3 is 2.42 bits per heavy atom. The van der Waals surface area contributed by atoms with Crippen LogP contribution < -0.4 is 5.73 Å². The summed E-state index contributed by atoms with van der Waals surface area (Å²) in [5.74, 6) is -5.77. The molecule has 2 fully saturated rings. The number of nitrogens with two attached hydrogens (primary N) is 1. The molecule has 0 aromatic heterocycles. The first kappa shape index (κ1) is 28.7. The number of carbonyl (C=O) groups excluding carboxylic acids is 3. The van der Waals surface area contributed by atoms with Crippen molar-refractivity contribution in [2.75, 3.05) is 33.4 Å². The summed E-state index contributed by atoms with van der Waals surface area (Å²) >= 11 is 1.52. The SMILES string of the molecule is CSCc1cc(CN2CCCCC2)c2c(c1O)C(O)=C1C(=O)[C@]3(O)C(O)=C(C(N)=O)C(=O)[C@@H](N(C)C)[C@@H]3C[C@@H]1C2. The molecule has 0 bridgehead atoms. The number of amides is 1. The number of piperidine rings is 1. The number of likely N-dealkylation sites (tertiary alicyclic amines) is 1. The molecule has 0 spiro atoms. The van der Waals surface area contributed by atoms with Crippen molar-refractivity contribution in [3.63, 3.8) is 0 Å². The predicted molar refractivity (Wildman–Crippen MR) is 151 cm³/mol. The van der Waals surface area contributed by atoms with E-state index in [2.05, 4.69) is 4.90 Å². The highest BCUT2D eigenvalue weighted by Crippen LogP contribution is 2.53. The molecule has 1 amide bonds. The van der Waals surface area contributed by atoms with Gasteiger partial charge in [0.05, 0.1) is 11.6 Å². The number of likely N-dealkylation sites (N-methyl/N-ethyl adjacent to an activating group) is 1. The van der Waals surface area contributed by atoms with Gasteiger partial charge in [0.15, 0.2) is 11.4 Å². The lowest BCUT2D eigenvalue weighted by atomic mass is 9.57. The van der Waals surface area contributed by atoms with Crippen molar-refractivity contribution in [2.45, 2.75) is 56.0 Å². The maximum absolute atomic E-state index is 14.1. The first-order valence-corrected chi connectivity index (χ1v) is 15.0. The van der Waals surface area contributed by atoms with Crippen LogP contribution in [0.2, 0.25) is 0 Å². The summed E-state index contributed by atoms with van der Waals surface area (Å²) in [6.45, 7) is 2.56. The van der Waals surface area contributed by atoms with E-state index in [0.717, 1.165) is 37.1 Å². The quantitative estimate of drug-likeness (QED) is 0.318. The van der Waals surface area contributed by atoms with Crippen LogP contribution in [-0.4, -0.2) is 92.8 Å². The number of fused-ring (bicyclic) bond motifs is 3. The van der Waals surface area contributed by atoms with Gasteiger partial charge in [0.1, 0.15) is 22.8 Å². The normalized spacial score (nSPS) is 29.0. The number of nitrogens with zero attached hydrogens (tertiary/aromatic N) is 2. The third-order valence-corrected chi connectivity index (χ3v) is 9.63. The van der Waals surface area contributed by atoms with Gasteiger partial charge in [-0.3, -0.25) is 24.2 Å². The van der Waals surface area contributed by atoms with Crippen LogP contribution in [0, 0.1) is 11.8 Å². The molecule has 1 aliphatic heterocycles. The van der Waals surface area contributed by atoms with E-state index in [1.165, 1.54) is 23.1 Å². The minimum absolute atomic E-state index is 0.0856. The fourth-order valence-electron chi connectivity index (χ4n) is 7.22. The number of primary amides is 1. The summed E-state index contributed by atoms with van der Waals surface area (Å²) in [5, 5.41) is 45.7. The Balaban J connectivity index is 1.69. The van der Waals surface area contributed by atoms with E-state index in [1.807, 2.05) is 12.3 Å². The molecule has 0 unspecified atom stereocenters. The fraction of sp³-hybridized carbons (Fsp3) is 0.552. The first-order chi connectivity index (χ1) is 18.9. The van der Waals surface area contributed by atoms with Crippen LogP contribution in [0.3, 0.4) is 0 Å². The lowest BCUT2D eigenvalue weighted by Gasteiger charge is -2.50. The van der Waals surface area contributed by atoms with Crippen molar-refractivity contribution in [2.24, 2.45) is 17.6 Å². The monoisotopic (exact) mass is 571 g/mol. The van der Waals surface area contributed by atoms with E-state index in [-0.39, 0.29) is 23.3 Å². The lowest BCUT2D eigenvalue weighted by Crippen LogP contribution is -2.65. The van der Waals surface area contributed by atoms with Crippen molar-refractivity contribution < 1.29 is 34.8 Å². The van der Waals surface area contributed by atoms with E-state index in [4.69, 9.17) is 5.73 Å². The number of benzene rings is 1. The Hall–Kier alpha value is -2.86. The minimum atomic E-state index is -2.63. The average Bonchev–Trinajstić information content (AvgIpc) is 2.89. The number of aliphatic hydroxyl groups excluding tert-OH is 2. The second-order valence-corrected chi connectivity index (χ2v) is 12.5. The molecule has 5 rings (SSSR count). The molecule has 0 radical (unpaired) electrons. The van der Waals surface area contributed by atoms with Crippen LogP contribution in [0.4, 0.5) is 0 Å². The zero-order chi connectivity index (χ0) is 29.1. The average molecular weight is 572 g/mol. The number of aliphatic hydroxyl groups is 3. The van der Waals surface area contributed by atoms with Gasteiger partial charge >= 0.3 is 0 Å². The molecule has 10 nitrogen and oxygen atoms in total. The van der Waals surface area contributed by atoms with Crippen molar-refractivity contribution in [3.05, 3.63) is 45.2 Å². The zero-order valence-corrected chi connectivity index (χ0v) is 23.9. The van der Waals surface area contributed by atoms with E-state index in [1.54, 1.807) is 14.1 Å². The van der Waals surface area contributed by atoms with Gasteiger partial charge < -0.3 is 26.2 Å². The van der Waals surface area contributed by atoms with E-state index in [0.29, 0.717) is 24.3 Å². The predicted octanol–water partition coefficient (Wildman–Crippen LogP) is 1.81. The molecule has 40 heavy (non-hydrogen) atoms. The molecule has 1 saturated heterocycles. The number of phenols is 1. The Morgan fingerprint density at radius 1 is 1.15 bits per heavy atom. The Kier molecular flexibility index (Phi) is 7.54. The van der Waals surface area contributed by atoms with Gasteiger partial charge in [-0.1, -0.05) is 6.42 Å². The maximum Gasteiger partial charge on any atom is 0.255 e. The second-order valence-electron chi connectivity index (χ2n) is 11.6. The van der Waals surface area contributed by atoms with Gasteiger partial charge in [0.25, 0.3) is 5.91 Å². The van der Waals surface area contributed by atoms with Crippen LogP contribution in [0.1, 0.15) is 47.9 Å². The minimum Gasteiger partial charge on any atom is -0.508 e. The summed E-state index contributed by atoms with van der Waals surface area (Å²) in [6.07, 6.45) is 5.71. The van der Waals surface area contributed by atoms with Crippen LogP contribution in [-0.2, 0) is 33.1 Å². The number of hydrogen-bond donors (Lipinski definition) is 5. The fourth-order valence-corrected chi connectivity index (χ4v) is 7.75. The molecule has 1 heterocycles. The molecule has 1 aromatic carbocycles. The number of carbonyl (C=O) groups is 3. The van der Waals surface area contributed by atoms with Gasteiger partial charge in [-0.2, -0.15) is 11.8 Å². The van der Waals surface area contributed by atoms with Crippen LogP contribution in [0.15, 0.2) is 23.0 Å². The van der Waals surface area contributed by atoms with Crippen LogP contribution in [0.5, 0.6) is 5.75 Å². The van der Waals surface area contributed by atoms with Crippen molar-refractivity contribution in [1.29, 1.82) is 0 Å². The molecule has 4 atom stereocenters. The van der Waals surface area contributed by atoms with Gasteiger partial charge in [-0.25, -0.2) is 0 Å². The molecule has 6 N–H and O–H groups in total. The second kappa shape index (κ2) is 10.5. The number of Topliss-reactive ketones (excluding diaryl/α,β-unsaturated/α-hetero) is 2. The topological polar surface area (TPSA) is 165 Å². The number of phenolic OH excluding ortho intramolecular Hbond substituents is 1. The molecule has 1 saturated carbocycles. The number of ketones is 2. The van der Waals surface area contributed by atoms with E-state index >= 15 is 0 Å². The summed E-state index contributed by atoms with van der Waals surface area (Å²) in [7, 11) is 3.19. The third kappa shape index (κ3) is 4.25. The Bertz CT molecular complexity index is 1350. The molecule has 11 heteroatoms. The standard InChI is InChI=1S/C29H37N3O7S/c1-31(2)22-18-11-14-10-17-15(12-32-7-5-4-6-8-32)9-16(13-40-3)23(33)20(17)24(34)19(14)26(36)29(18,39)27(37)21(25(22)35)28(30)38/h9,14,18,22,33-34,37,39H,4-8,10-13H2,1-3H3,(H2,30,38)/t14-,18-,22-,29-/m0/s1. The Morgan fingerprint density at radius 2 is 1.82 bits per heavy atom. The smallest absolute Gasteiger partial charge is 0.255 e. The highest BCUT2D eigenvalue weighted by Gasteiger charge is 2.64. The largest absolute Gasteiger partial charge is 0.508 e. The molecular formula is C29H37N3O7S. The van der Waals surface area contributed by atoms with Gasteiger partial charge in [0, 0.05) is 29.4 Å². The van der Waals surface area contributed by atoms with E-state index < -0.39 is 58.0 Å². The number of rotatable bonds is 6. The highest BCUT2D eigenvalue weighted by molar-refractivity contribution is 7.97. The summed E-state index contributed by atoms with van der Waals surface area (Å²) in [4.78, 5) is 43.4. The zero-order valence-electron chi connectivity index (χ0n) is 23.1. The number of aromatic hydroxyl groups is 1. The van der Waals surface area contributed by atoms with Gasteiger partial charge in [-0.05, 0) is 82.2 Å². The summed E-state index contributed by atoms with van der Waals surface area (Å²) < 4.78 is 0. The van der Waals surface area contributed by atoms with Crippen molar-refractivity contribution in [3.8, 4) is 5.75 Å². The summed E-state index contributed by atoms with van der Waals surface area (Å²) in [6, 6.07) is 0.890. The molecule has 4 aliphatic rings. The summed E-state index contributed by atoms with van der Waals surface area (Å²) in [5.41, 5.74) is 4.37. The molecule has 3 aliphatic carbocycles. The highest BCUT2D eigenvalue weighted by atomic mass is 32.2. The van der Waals surface area contributed by atoms with Crippen LogP contribution in [0.25, 0.3) is 5.76 Å². The van der Waals surface area contributed by atoms with Crippen molar-refractivity contribution >= 4 is 35.0 Å². The maximum atomic E-state index is 14.1. The van der Waals surface area contributed by atoms with Gasteiger partial charge in [-0.15, -0.1) is 0 Å². The van der Waals surface area contributed by atoms with Crippen LogP contribution >= 0.6 is 11.8 Å². The Labute approximate surface area is 237 Å². The molecular weight excluding hydrogens is 534 g/mol. The van der Waals surface area contributed by atoms with Gasteiger partial charge in [0.2, 0.25) is 5.78 Å². The number of thioether (sulfide) groups is 1.